The Balaban J connectivity index is 1.73. The van der Waals surface area contributed by atoms with Crippen molar-refractivity contribution in [3.8, 4) is 0 Å². The van der Waals surface area contributed by atoms with Gasteiger partial charge in [0.05, 0.1) is 23.2 Å². The van der Waals surface area contributed by atoms with Crippen LogP contribution in [0.2, 0.25) is 0 Å². The maximum Gasteiger partial charge on any atom is 0.410 e. The number of imide groups is 1. The third-order valence-electron chi connectivity index (χ3n) is 6.19. The van der Waals surface area contributed by atoms with E-state index in [1.165, 1.54) is 4.90 Å². The number of halogens is 1. The van der Waals surface area contributed by atoms with Crippen LogP contribution >= 0.6 is 15.9 Å². The van der Waals surface area contributed by atoms with Crippen molar-refractivity contribution in [1.29, 1.82) is 0 Å². The van der Waals surface area contributed by atoms with E-state index in [1.807, 2.05) is 45.0 Å². The Morgan fingerprint density at radius 1 is 1.06 bits per heavy atom. The second-order valence-electron chi connectivity index (χ2n) is 10.2. The maximum atomic E-state index is 13.3. The van der Waals surface area contributed by atoms with Crippen LogP contribution < -0.4 is 0 Å². The van der Waals surface area contributed by atoms with Crippen LogP contribution in [0.3, 0.4) is 0 Å². The van der Waals surface area contributed by atoms with Gasteiger partial charge in [-0.1, -0.05) is 47.1 Å². The SMILES string of the molecule is C[C@@H]1CN(C(=O)OC(C)(C)C)[C@](Cc2ccc(Br)cc2)(CN2C(=O)c3ccccc3C2=O)C1. The van der Waals surface area contributed by atoms with Gasteiger partial charge >= 0.3 is 6.09 Å². The first-order chi connectivity index (χ1) is 15.5. The van der Waals surface area contributed by atoms with Gasteiger partial charge < -0.3 is 9.64 Å². The van der Waals surface area contributed by atoms with E-state index in [-0.39, 0.29) is 24.3 Å². The molecule has 0 N–H and O–H groups in total. The number of ether oxygens (including phenoxy) is 1. The van der Waals surface area contributed by atoms with Crippen molar-refractivity contribution in [3.63, 3.8) is 0 Å². The van der Waals surface area contributed by atoms with Gasteiger partial charge in [0.2, 0.25) is 0 Å². The van der Waals surface area contributed by atoms with E-state index in [9.17, 15) is 14.4 Å². The molecule has 0 bridgehead atoms. The normalized spacial score (nSPS) is 22.6. The lowest BCUT2D eigenvalue weighted by Gasteiger charge is -2.41. The number of benzene rings is 2. The highest BCUT2D eigenvalue weighted by molar-refractivity contribution is 9.10. The summed E-state index contributed by atoms with van der Waals surface area (Å²) in [5.74, 6) is -0.424. The number of hydrogen-bond acceptors (Lipinski definition) is 4. The molecule has 174 valence electrons. The molecule has 2 aromatic carbocycles. The van der Waals surface area contributed by atoms with E-state index in [4.69, 9.17) is 4.74 Å². The third-order valence-corrected chi connectivity index (χ3v) is 6.71. The van der Waals surface area contributed by atoms with Crippen molar-refractivity contribution in [2.24, 2.45) is 5.92 Å². The molecule has 0 spiro atoms. The molecule has 6 nitrogen and oxygen atoms in total. The molecule has 2 heterocycles. The van der Waals surface area contributed by atoms with Crippen LogP contribution in [0.15, 0.2) is 53.0 Å². The number of nitrogens with zero attached hydrogens (tertiary/aromatic N) is 2. The van der Waals surface area contributed by atoms with E-state index in [1.54, 1.807) is 29.2 Å². The zero-order valence-corrected chi connectivity index (χ0v) is 21.0. The summed E-state index contributed by atoms with van der Waals surface area (Å²) in [5, 5.41) is 0. The van der Waals surface area contributed by atoms with E-state index in [0.29, 0.717) is 30.5 Å². The summed E-state index contributed by atoms with van der Waals surface area (Å²) in [6.45, 7) is 8.23. The zero-order valence-electron chi connectivity index (χ0n) is 19.4. The highest BCUT2D eigenvalue weighted by atomic mass is 79.9. The molecule has 0 unspecified atom stereocenters. The fraction of sp³-hybridized carbons (Fsp3) is 0.423. The predicted molar refractivity (Wildman–Crippen MR) is 129 cm³/mol. The van der Waals surface area contributed by atoms with Crippen LogP contribution in [-0.2, 0) is 11.2 Å². The second-order valence-corrected chi connectivity index (χ2v) is 11.1. The van der Waals surface area contributed by atoms with Crippen LogP contribution in [0.5, 0.6) is 0 Å². The highest BCUT2D eigenvalue weighted by Gasteiger charge is 2.51. The molecule has 4 rings (SSSR count). The number of fused-ring (bicyclic) bond motifs is 1. The minimum Gasteiger partial charge on any atom is -0.444 e. The Kier molecular flexibility index (Phi) is 6.12. The smallest absolute Gasteiger partial charge is 0.410 e. The number of carbonyl (C=O) groups excluding carboxylic acids is 3. The zero-order chi connectivity index (χ0) is 24.0. The Labute approximate surface area is 203 Å². The van der Waals surface area contributed by atoms with Gasteiger partial charge in [-0.2, -0.15) is 0 Å². The van der Waals surface area contributed by atoms with E-state index >= 15 is 0 Å². The summed E-state index contributed by atoms with van der Waals surface area (Å²) in [6, 6.07) is 14.8. The second kappa shape index (κ2) is 8.60. The minimum atomic E-state index is -0.761. The van der Waals surface area contributed by atoms with Crippen LogP contribution in [0, 0.1) is 5.92 Å². The number of carbonyl (C=O) groups is 3. The predicted octanol–water partition coefficient (Wildman–Crippen LogP) is 5.30. The molecule has 33 heavy (non-hydrogen) atoms. The molecule has 1 saturated heterocycles. The molecule has 0 radical (unpaired) electrons. The lowest BCUT2D eigenvalue weighted by Crippen LogP contribution is -2.57. The van der Waals surface area contributed by atoms with Crippen LogP contribution in [0.25, 0.3) is 0 Å². The number of hydrogen-bond donors (Lipinski definition) is 0. The quantitative estimate of drug-likeness (QED) is 0.521. The van der Waals surface area contributed by atoms with Gasteiger partial charge in [0.25, 0.3) is 11.8 Å². The fourth-order valence-corrected chi connectivity index (χ4v) is 5.21. The monoisotopic (exact) mass is 512 g/mol. The summed E-state index contributed by atoms with van der Waals surface area (Å²) < 4.78 is 6.72. The molecule has 2 atom stereocenters. The number of rotatable bonds is 4. The molecule has 7 heteroatoms. The Morgan fingerprint density at radius 2 is 1.64 bits per heavy atom. The van der Waals surface area contributed by atoms with Gasteiger partial charge in [-0.3, -0.25) is 14.5 Å². The molecular weight excluding hydrogens is 484 g/mol. The first kappa shape index (κ1) is 23.5. The van der Waals surface area contributed by atoms with Gasteiger partial charge in [-0.15, -0.1) is 0 Å². The number of likely N-dealkylation sites (tertiary alicyclic amines) is 1. The van der Waals surface area contributed by atoms with Crippen molar-refractivity contribution in [2.75, 3.05) is 13.1 Å². The molecule has 1 fully saturated rings. The van der Waals surface area contributed by atoms with Crippen molar-refractivity contribution < 1.29 is 19.1 Å². The van der Waals surface area contributed by atoms with Crippen LogP contribution in [0.1, 0.15) is 60.4 Å². The molecule has 2 aliphatic heterocycles. The van der Waals surface area contributed by atoms with Gasteiger partial charge in [0.1, 0.15) is 5.60 Å². The average molecular weight is 513 g/mol. The maximum absolute atomic E-state index is 13.3. The van der Waals surface area contributed by atoms with Crippen molar-refractivity contribution in [1.82, 2.24) is 9.80 Å². The lowest BCUT2D eigenvalue weighted by atomic mass is 9.85. The van der Waals surface area contributed by atoms with Gasteiger partial charge in [-0.05, 0) is 69.4 Å². The van der Waals surface area contributed by atoms with Gasteiger partial charge in [0, 0.05) is 11.0 Å². The average Bonchev–Trinajstić information content (AvgIpc) is 3.18. The topological polar surface area (TPSA) is 66.9 Å². The molecule has 2 aromatic rings. The molecule has 0 aromatic heterocycles. The standard InChI is InChI=1S/C26H29BrN2O4/c1-17-13-26(14-18-9-11-19(27)12-10-18,29(15-17)24(32)33-25(2,3)4)16-28-22(30)20-7-5-6-8-21(20)23(28)31/h5-12,17H,13-16H2,1-4H3/t17-,26+/m0/s1. The summed E-state index contributed by atoms with van der Waals surface area (Å²) in [7, 11) is 0. The molecule has 2 aliphatic rings. The largest absolute Gasteiger partial charge is 0.444 e. The fourth-order valence-electron chi connectivity index (χ4n) is 4.95. The minimum absolute atomic E-state index is 0.124. The van der Waals surface area contributed by atoms with E-state index in [2.05, 4.69) is 22.9 Å². The summed E-state index contributed by atoms with van der Waals surface area (Å²) >= 11 is 3.47. The van der Waals surface area contributed by atoms with Crippen molar-refractivity contribution in [2.45, 2.75) is 51.7 Å². The van der Waals surface area contributed by atoms with E-state index < -0.39 is 17.2 Å². The summed E-state index contributed by atoms with van der Waals surface area (Å²) in [5.41, 5.74) is 0.440. The van der Waals surface area contributed by atoms with Gasteiger partial charge in [0.15, 0.2) is 0 Å². The third kappa shape index (κ3) is 4.69. The molecule has 0 saturated carbocycles. The van der Waals surface area contributed by atoms with Crippen LogP contribution in [-0.4, -0.2) is 51.9 Å². The lowest BCUT2D eigenvalue weighted by molar-refractivity contribution is 0.00131. The number of amides is 3. The summed E-state index contributed by atoms with van der Waals surface area (Å²) in [4.78, 5) is 42.7. The van der Waals surface area contributed by atoms with Gasteiger partial charge in [-0.25, -0.2) is 4.79 Å². The molecule has 0 aliphatic carbocycles. The Morgan fingerprint density at radius 3 is 2.18 bits per heavy atom. The first-order valence-electron chi connectivity index (χ1n) is 11.2. The Hall–Kier alpha value is -2.67. The summed E-state index contributed by atoms with van der Waals surface area (Å²) in [6.07, 6.45) is 0.757. The van der Waals surface area contributed by atoms with Crippen molar-refractivity contribution in [3.05, 3.63) is 69.7 Å². The van der Waals surface area contributed by atoms with Crippen LogP contribution in [0.4, 0.5) is 4.79 Å². The van der Waals surface area contributed by atoms with Crippen molar-refractivity contribution >= 4 is 33.8 Å². The molecular formula is C26H29BrN2O4. The highest BCUT2D eigenvalue weighted by Crippen LogP contribution is 2.39. The Bertz CT molecular complexity index is 1060. The molecule has 3 amide bonds. The van der Waals surface area contributed by atoms with E-state index in [0.717, 1.165) is 10.0 Å². The first-order valence-corrected chi connectivity index (χ1v) is 12.0.